The van der Waals surface area contributed by atoms with Crippen molar-refractivity contribution in [3.63, 3.8) is 0 Å². The van der Waals surface area contributed by atoms with Crippen molar-refractivity contribution in [2.45, 2.75) is 11.4 Å². The predicted molar refractivity (Wildman–Crippen MR) is 104 cm³/mol. The summed E-state index contributed by atoms with van der Waals surface area (Å²) < 4.78 is 46.1. The summed E-state index contributed by atoms with van der Waals surface area (Å²) in [5.74, 6) is -0.0220. The van der Waals surface area contributed by atoms with Gasteiger partial charge >= 0.3 is 6.03 Å². The molecule has 29 heavy (non-hydrogen) atoms. The summed E-state index contributed by atoms with van der Waals surface area (Å²) in [6.07, 6.45) is 1.41. The van der Waals surface area contributed by atoms with E-state index < -0.39 is 28.4 Å². The summed E-state index contributed by atoms with van der Waals surface area (Å²) in [4.78, 5) is 18.4. The van der Waals surface area contributed by atoms with Gasteiger partial charge in [-0.25, -0.2) is 31.8 Å². The largest absolute Gasteiger partial charge is 0.497 e. The molecular formula is C20H16FN3O4S. The summed E-state index contributed by atoms with van der Waals surface area (Å²) in [6, 6.07) is 14.3. The van der Waals surface area contributed by atoms with Crippen LogP contribution in [0.25, 0.3) is 0 Å². The molecule has 1 aliphatic heterocycles. The first-order valence-electron chi connectivity index (χ1n) is 8.63. The number of fused-ring (bicyclic) bond motifs is 1. The molecule has 2 heterocycles. The lowest BCUT2D eigenvalue weighted by Crippen LogP contribution is -2.48. The number of pyridine rings is 1. The molecule has 9 heteroatoms. The molecule has 3 aromatic rings. The summed E-state index contributed by atoms with van der Waals surface area (Å²) in [5.41, 5.74) is 0.496. The van der Waals surface area contributed by atoms with Crippen LogP contribution in [0.3, 0.4) is 0 Å². The Morgan fingerprint density at radius 2 is 1.76 bits per heavy atom. The van der Waals surface area contributed by atoms with Gasteiger partial charge in [0.25, 0.3) is 10.0 Å². The molecule has 0 bridgehead atoms. The maximum Gasteiger partial charge on any atom is 0.344 e. The lowest BCUT2D eigenvalue weighted by atomic mass is 10.2. The summed E-state index contributed by atoms with van der Waals surface area (Å²) >= 11 is 0. The fraction of sp³-hybridized carbons (Fsp3) is 0.100. The van der Waals surface area contributed by atoms with Crippen molar-refractivity contribution in [3.8, 4) is 5.75 Å². The maximum atomic E-state index is 14.2. The van der Waals surface area contributed by atoms with Crippen LogP contribution in [0, 0.1) is 5.82 Å². The number of amides is 2. The molecule has 2 aromatic carbocycles. The number of sulfonamides is 1. The van der Waals surface area contributed by atoms with E-state index in [1.165, 1.54) is 48.5 Å². The van der Waals surface area contributed by atoms with Crippen LogP contribution in [-0.2, 0) is 16.6 Å². The van der Waals surface area contributed by atoms with Crippen molar-refractivity contribution < 1.29 is 22.3 Å². The minimum Gasteiger partial charge on any atom is -0.497 e. The highest BCUT2D eigenvalue weighted by Crippen LogP contribution is 2.38. The van der Waals surface area contributed by atoms with Crippen molar-refractivity contribution in [3.05, 3.63) is 78.2 Å². The van der Waals surface area contributed by atoms with Crippen LogP contribution in [0.1, 0.15) is 5.56 Å². The Bertz CT molecular complexity index is 1180. The van der Waals surface area contributed by atoms with Crippen molar-refractivity contribution in [2.24, 2.45) is 0 Å². The summed E-state index contributed by atoms with van der Waals surface area (Å²) in [5, 5.41) is 0. The van der Waals surface area contributed by atoms with Crippen molar-refractivity contribution in [1.29, 1.82) is 0 Å². The number of halogens is 1. The molecule has 1 aromatic heterocycles. The molecule has 0 spiro atoms. The number of methoxy groups -OCH3 is 1. The first-order chi connectivity index (χ1) is 13.9. The van der Waals surface area contributed by atoms with Gasteiger partial charge in [0.15, 0.2) is 5.82 Å². The van der Waals surface area contributed by atoms with E-state index in [1.807, 2.05) is 0 Å². The number of urea groups is 1. The summed E-state index contributed by atoms with van der Waals surface area (Å²) in [7, 11) is -2.70. The van der Waals surface area contributed by atoms with Crippen LogP contribution in [0.4, 0.5) is 20.7 Å². The van der Waals surface area contributed by atoms with Gasteiger partial charge in [-0.1, -0.05) is 18.2 Å². The standard InChI is InChI=1S/C20H16FN3O4S/c1-28-16-10-8-15(9-11-16)24-19-18(7-4-12-22-19)29(26,27)23(20(24)25)13-14-5-2-3-6-17(14)21/h2-12H,13H2,1H3. The van der Waals surface area contributed by atoms with E-state index in [2.05, 4.69) is 4.98 Å². The van der Waals surface area contributed by atoms with Gasteiger partial charge in [0, 0.05) is 11.8 Å². The van der Waals surface area contributed by atoms with Gasteiger partial charge in [-0.2, -0.15) is 0 Å². The molecular weight excluding hydrogens is 397 g/mol. The van der Waals surface area contributed by atoms with E-state index >= 15 is 0 Å². The Labute approximate surface area is 167 Å². The minimum absolute atomic E-state index is 0.00699. The number of hydrogen-bond acceptors (Lipinski definition) is 5. The molecule has 7 nitrogen and oxygen atoms in total. The Hall–Kier alpha value is -3.46. The third-order valence-corrected chi connectivity index (χ3v) is 6.28. The smallest absolute Gasteiger partial charge is 0.344 e. The zero-order chi connectivity index (χ0) is 20.6. The van der Waals surface area contributed by atoms with E-state index in [0.29, 0.717) is 15.7 Å². The van der Waals surface area contributed by atoms with Crippen LogP contribution in [0.2, 0.25) is 0 Å². The van der Waals surface area contributed by atoms with Crippen LogP contribution in [-0.4, -0.2) is 30.8 Å². The molecule has 0 fully saturated rings. The Kier molecular flexibility index (Phi) is 4.67. The third kappa shape index (κ3) is 3.19. The number of nitrogens with zero attached hydrogens (tertiary/aromatic N) is 3. The Morgan fingerprint density at radius 3 is 2.45 bits per heavy atom. The van der Waals surface area contributed by atoms with E-state index in [0.717, 1.165) is 0 Å². The number of ether oxygens (including phenoxy) is 1. The zero-order valence-corrected chi connectivity index (χ0v) is 16.1. The molecule has 148 valence electrons. The number of benzene rings is 2. The Morgan fingerprint density at radius 1 is 1.03 bits per heavy atom. The molecule has 2 amide bonds. The number of aromatic nitrogens is 1. The highest BCUT2D eigenvalue weighted by molar-refractivity contribution is 7.90. The van der Waals surface area contributed by atoms with E-state index in [1.54, 1.807) is 30.3 Å². The normalized spacial score (nSPS) is 15.2. The molecule has 0 unspecified atom stereocenters. The van der Waals surface area contributed by atoms with Gasteiger partial charge < -0.3 is 4.74 Å². The fourth-order valence-corrected chi connectivity index (χ4v) is 4.53. The van der Waals surface area contributed by atoms with Crippen LogP contribution >= 0.6 is 0 Å². The maximum absolute atomic E-state index is 14.2. The van der Waals surface area contributed by atoms with E-state index in [4.69, 9.17) is 4.74 Å². The Balaban J connectivity index is 1.85. The molecule has 0 saturated carbocycles. The molecule has 1 aliphatic rings. The average Bonchev–Trinajstić information content (AvgIpc) is 2.73. The SMILES string of the molecule is COc1ccc(N2C(=O)N(Cc3ccccc3F)S(=O)(=O)c3cccnc32)cc1. The molecule has 0 saturated heterocycles. The molecule has 4 rings (SSSR count). The molecule has 0 atom stereocenters. The van der Waals surface area contributed by atoms with Gasteiger partial charge in [-0.15, -0.1) is 0 Å². The van der Waals surface area contributed by atoms with E-state index in [9.17, 15) is 17.6 Å². The van der Waals surface area contributed by atoms with Crippen LogP contribution in [0.15, 0.2) is 71.8 Å². The average molecular weight is 413 g/mol. The third-order valence-electron chi connectivity index (χ3n) is 4.54. The number of carbonyl (C=O) groups is 1. The number of anilines is 2. The number of rotatable bonds is 4. The number of hydrogen-bond donors (Lipinski definition) is 0. The lowest BCUT2D eigenvalue weighted by molar-refractivity contribution is 0.228. The quantitative estimate of drug-likeness (QED) is 0.652. The topological polar surface area (TPSA) is 79.8 Å². The molecule has 0 aliphatic carbocycles. The van der Waals surface area contributed by atoms with Crippen molar-refractivity contribution in [2.75, 3.05) is 12.0 Å². The van der Waals surface area contributed by atoms with Gasteiger partial charge in [-0.05, 0) is 42.5 Å². The van der Waals surface area contributed by atoms with Crippen LogP contribution in [0.5, 0.6) is 5.75 Å². The zero-order valence-electron chi connectivity index (χ0n) is 15.3. The lowest BCUT2D eigenvalue weighted by Gasteiger charge is -2.35. The predicted octanol–water partition coefficient (Wildman–Crippen LogP) is 3.69. The second-order valence-electron chi connectivity index (χ2n) is 6.24. The monoisotopic (exact) mass is 413 g/mol. The number of carbonyl (C=O) groups excluding carboxylic acids is 1. The van der Waals surface area contributed by atoms with Gasteiger partial charge in [-0.3, -0.25) is 0 Å². The highest BCUT2D eigenvalue weighted by atomic mass is 32.2. The second-order valence-corrected chi connectivity index (χ2v) is 8.07. The van der Waals surface area contributed by atoms with Gasteiger partial charge in [0.05, 0.1) is 19.3 Å². The van der Waals surface area contributed by atoms with Crippen LogP contribution < -0.4 is 9.64 Å². The minimum atomic E-state index is -4.21. The summed E-state index contributed by atoms with van der Waals surface area (Å²) in [6.45, 7) is -0.436. The first-order valence-corrected chi connectivity index (χ1v) is 10.1. The highest BCUT2D eigenvalue weighted by Gasteiger charge is 2.43. The van der Waals surface area contributed by atoms with Crippen molar-refractivity contribution in [1.82, 2.24) is 9.29 Å². The molecule has 0 radical (unpaired) electrons. The van der Waals surface area contributed by atoms with Gasteiger partial charge in [0.1, 0.15) is 16.5 Å². The molecule has 0 N–H and O–H groups in total. The van der Waals surface area contributed by atoms with Crippen molar-refractivity contribution >= 4 is 27.6 Å². The van der Waals surface area contributed by atoms with Gasteiger partial charge in [0.2, 0.25) is 0 Å². The van der Waals surface area contributed by atoms with E-state index in [-0.39, 0.29) is 16.3 Å². The second kappa shape index (κ2) is 7.17. The first kappa shape index (κ1) is 18.9. The fourth-order valence-electron chi connectivity index (χ4n) is 3.07.